The lowest BCUT2D eigenvalue weighted by molar-refractivity contribution is 0.577. The van der Waals surface area contributed by atoms with Crippen LogP contribution in [0.3, 0.4) is 0 Å². The van der Waals surface area contributed by atoms with Crippen LogP contribution in [-0.2, 0) is 6.54 Å². The van der Waals surface area contributed by atoms with Gasteiger partial charge in [-0.3, -0.25) is 15.1 Å². The Morgan fingerprint density at radius 1 is 0.861 bits per heavy atom. The van der Waals surface area contributed by atoms with Crippen molar-refractivity contribution in [1.82, 2.24) is 20.2 Å². The summed E-state index contributed by atoms with van der Waals surface area (Å²) >= 11 is 0. The van der Waals surface area contributed by atoms with Crippen molar-refractivity contribution in [2.75, 3.05) is 23.3 Å². The summed E-state index contributed by atoms with van der Waals surface area (Å²) in [6.07, 6.45) is 9.45. The molecule has 0 amide bonds. The van der Waals surface area contributed by atoms with Gasteiger partial charge in [0.15, 0.2) is 0 Å². The zero-order valence-electron chi connectivity index (χ0n) is 19.9. The minimum absolute atomic E-state index is 0.268. The van der Waals surface area contributed by atoms with Crippen LogP contribution in [-0.4, -0.2) is 33.3 Å². The van der Waals surface area contributed by atoms with E-state index in [9.17, 15) is 4.39 Å². The number of nitrogens with zero attached hydrogens (tertiary/aromatic N) is 4. The highest BCUT2D eigenvalue weighted by atomic mass is 19.1. The van der Waals surface area contributed by atoms with Gasteiger partial charge in [-0.05, 0) is 67.3 Å². The van der Waals surface area contributed by atoms with Crippen LogP contribution in [0.15, 0.2) is 79.3 Å². The molecule has 1 aliphatic heterocycles. The molecule has 36 heavy (non-hydrogen) atoms. The first-order valence-corrected chi connectivity index (χ1v) is 12.4. The normalized spacial score (nSPS) is 13.8. The van der Waals surface area contributed by atoms with Gasteiger partial charge in [-0.1, -0.05) is 18.2 Å². The Morgan fingerprint density at radius 2 is 1.78 bits per heavy atom. The van der Waals surface area contributed by atoms with E-state index in [-0.39, 0.29) is 5.82 Å². The van der Waals surface area contributed by atoms with Crippen molar-refractivity contribution in [3.8, 4) is 22.4 Å². The van der Waals surface area contributed by atoms with E-state index in [1.54, 1.807) is 12.3 Å². The number of fused-ring (bicyclic) bond motifs is 1. The van der Waals surface area contributed by atoms with E-state index in [2.05, 4.69) is 48.6 Å². The maximum absolute atomic E-state index is 13.5. The third-order valence-electron chi connectivity index (χ3n) is 6.76. The monoisotopic (exact) mass is 478 g/mol. The molecule has 5 aromatic rings. The minimum Gasteiger partial charge on any atom is -0.378 e. The Labute approximate surface area is 209 Å². The summed E-state index contributed by atoms with van der Waals surface area (Å²) in [5.74, 6) is -0.268. The lowest BCUT2D eigenvalue weighted by Gasteiger charge is -2.28. The van der Waals surface area contributed by atoms with Gasteiger partial charge in [-0.2, -0.15) is 5.10 Å². The highest BCUT2D eigenvalue weighted by molar-refractivity contribution is 5.87. The first kappa shape index (κ1) is 22.2. The zero-order valence-corrected chi connectivity index (χ0v) is 19.9. The smallest absolute Gasteiger partial charge is 0.123 e. The number of aromatic nitrogens is 4. The second-order valence-corrected chi connectivity index (χ2v) is 9.21. The third kappa shape index (κ3) is 4.64. The van der Waals surface area contributed by atoms with Crippen LogP contribution in [0.5, 0.6) is 0 Å². The van der Waals surface area contributed by atoms with Crippen LogP contribution in [0, 0.1) is 5.82 Å². The van der Waals surface area contributed by atoms with Crippen molar-refractivity contribution >= 4 is 22.3 Å². The Kier molecular flexibility index (Phi) is 6.03. The molecule has 7 heteroatoms. The van der Waals surface area contributed by atoms with Crippen molar-refractivity contribution in [2.24, 2.45) is 0 Å². The lowest BCUT2D eigenvalue weighted by atomic mass is 10.0. The van der Waals surface area contributed by atoms with E-state index >= 15 is 0 Å². The molecule has 0 spiro atoms. The molecule has 2 aromatic carbocycles. The van der Waals surface area contributed by atoms with Crippen LogP contribution >= 0.6 is 0 Å². The fourth-order valence-electron chi connectivity index (χ4n) is 4.80. The van der Waals surface area contributed by atoms with Gasteiger partial charge < -0.3 is 10.2 Å². The van der Waals surface area contributed by atoms with Crippen LogP contribution in [0.1, 0.15) is 25.0 Å². The van der Waals surface area contributed by atoms with Gasteiger partial charge in [-0.25, -0.2) is 4.39 Å². The average molecular weight is 479 g/mol. The fourth-order valence-corrected chi connectivity index (χ4v) is 4.80. The molecule has 1 fully saturated rings. The average Bonchev–Trinajstić information content (AvgIpc) is 3.35. The molecule has 0 unspecified atom stereocenters. The van der Waals surface area contributed by atoms with E-state index in [1.807, 2.05) is 36.7 Å². The number of nitrogens with one attached hydrogen (secondary N) is 2. The summed E-state index contributed by atoms with van der Waals surface area (Å²) < 4.78 is 13.5. The number of halogens is 1. The van der Waals surface area contributed by atoms with Crippen molar-refractivity contribution in [1.29, 1.82) is 0 Å². The quantitative estimate of drug-likeness (QED) is 0.294. The third-order valence-corrected chi connectivity index (χ3v) is 6.76. The van der Waals surface area contributed by atoms with Crippen LogP contribution < -0.4 is 10.2 Å². The van der Waals surface area contributed by atoms with Crippen molar-refractivity contribution in [3.63, 3.8) is 0 Å². The summed E-state index contributed by atoms with van der Waals surface area (Å²) in [4.78, 5) is 11.4. The lowest BCUT2D eigenvalue weighted by Crippen LogP contribution is -2.29. The number of piperidine rings is 1. The van der Waals surface area contributed by atoms with Gasteiger partial charge in [0.1, 0.15) is 5.82 Å². The van der Waals surface area contributed by atoms with E-state index in [1.165, 1.54) is 37.1 Å². The highest BCUT2D eigenvalue weighted by Crippen LogP contribution is 2.29. The van der Waals surface area contributed by atoms with E-state index in [0.717, 1.165) is 57.8 Å². The van der Waals surface area contributed by atoms with Gasteiger partial charge in [-0.15, -0.1) is 0 Å². The molecular formula is C29H27FN6. The molecule has 6 rings (SSSR count). The molecule has 0 radical (unpaired) electrons. The van der Waals surface area contributed by atoms with Gasteiger partial charge in [0.05, 0.1) is 47.2 Å². The van der Waals surface area contributed by atoms with Crippen molar-refractivity contribution < 1.29 is 4.39 Å². The predicted octanol–water partition coefficient (Wildman–Crippen LogP) is 6.43. The second-order valence-electron chi connectivity index (χ2n) is 9.21. The molecule has 180 valence electrons. The van der Waals surface area contributed by atoms with Crippen LogP contribution in [0.25, 0.3) is 33.3 Å². The number of anilines is 2. The Balaban J connectivity index is 1.20. The minimum atomic E-state index is -0.268. The molecule has 0 atom stereocenters. The number of hydrogen-bond acceptors (Lipinski definition) is 5. The molecule has 0 aliphatic carbocycles. The SMILES string of the molecule is Fc1cccc(-c2ccc(NCc3[nH]nc4ccc(-c5cncc(N6CCCCC6)c5)cc34)cn2)c1. The second kappa shape index (κ2) is 9.77. The molecule has 3 aromatic heterocycles. The molecular weight excluding hydrogens is 451 g/mol. The maximum Gasteiger partial charge on any atom is 0.123 e. The van der Waals surface area contributed by atoms with Gasteiger partial charge >= 0.3 is 0 Å². The molecule has 4 heterocycles. The van der Waals surface area contributed by atoms with Gasteiger partial charge in [0, 0.05) is 35.8 Å². The molecule has 1 saturated heterocycles. The molecule has 6 nitrogen and oxygen atoms in total. The Bertz CT molecular complexity index is 1490. The summed E-state index contributed by atoms with van der Waals surface area (Å²) in [6.45, 7) is 2.77. The number of pyridine rings is 2. The summed E-state index contributed by atoms with van der Waals surface area (Å²) in [7, 11) is 0. The highest BCUT2D eigenvalue weighted by Gasteiger charge is 2.13. The summed E-state index contributed by atoms with van der Waals surface area (Å²) in [6, 6.07) is 18.9. The number of H-pyrrole nitrogens is 1. The van der Waals surface area contributed by atoms with Crippen LogP contribution in [0.2, 0.25) is 0 Å². The Morgan fingerprint density at radius 3 is 2.61 bits per heavy atom. The predicted molar refractivity (Wildman–Crippen MR) is 142 cm³/mol. The van der Waals surface area contributed by atoms with Gasteiger partial charge in [0.2, 0.25) is 0 Å². The largest absolute Gasteiger partial charge is 0.378 e. The topological polar surface area (TPSA) is 69.7 Å². The fraction of sp³-hybridized carbons (Fsp3) is 0.207. The zero-order chi connectivity index (χ0) is 24.3. The van der Waals surface area contributed by atoms with E-state index < -0.39 is 0 Å². The summed E-state index contributed by atoms with van der Waals surface area (Å²) in [5.41, 5.74) is 7.72. The van der Waals surface area contributed by atoms with Gasteiger partial charge in [0.25, 0.3) is 0 Å². The maximum atomic E-state index is 13.5. The molecule has 0 saturated carbocycles. The molecule has 2 N–H and O–H groups in total. The number of benzene rings is 2. The summed E-state index contributed by atoms with van der Waals surface area (Å²) in [5, 5.41) is 12.1. The van der Waals surface area contributed by atoms with E-state index in [0.29, 0.717) is 6.54 Å². The molecule has 0 bridgehead atoms. The number of hydrogen-bond donors (Lipinski definition) is 2. The standard InChI is InChI=1S/C29H27FN6/c30-23-6-4-5-21(13-23)27-10-8-24(17-33-27)32-19-29-26-15-20(7-9-28(26)34-35-29)22-14-25(18-31-16-22)36-11-2-1-3-12-36/h4-10,13-18,32H,1-3,11-12,19H2,(H,34,35). The van der Waals surface area contributed by atoms with Crippen molar-refractivity contribution in [2.45, 2.75) is 25.8 Å². The van der Waals surface area contributed by atoms with E-state index in [4.69, 9.17) is 0 Å². The van der Waals surface area contributed by atoms with Crippen LogP contribution in [0.4, 0.5) is 15.8 Å². The number of aromatic amines is 1. The van der Waals surface area contributed by atoms with Crippen molar-refractivity contribution in [3.05, 3.63) is 90.8 Å². The molecule has 1 aliphatic rings. The number of rotatable bonds is 6. The first-order chi connectivity index (χ1) is 17.7. The first-order valence-electron chi connectivity index (χ1n) is 12.4. The Hall–Kier alpha value is -4.26.